The fourth-order valence-corrected chi connectivity index (χ4v) is 3.75. The van der Waals surface area contributed by atoms with E-state index in [0.717, 1.165) is 11.4 Å². The maximum atomic E-state index is 12.3. The Morgan fingerprint density at radius 3 is 2.55 bits per heavy atom. The molecule has 0 radical (unpaired) electrons. The molecule has 1 N–H and O–H groups in total. The van der Waals surface area contributed by atoms with Crippen LogP contribution in [-0.2, 0) is 17.8 Å². The zero-order valence-corrected chi connectivity index (χ0v) is 18.3. The number of carbonyl (C=O) groups excluding carboxylic acids is 1. The third kappa shape index (κ3) is 6.00. The zero-order valence-electron chi connectivity index (χ0n) is 15.2. The lowest BCUT2D eigenvalue weighted by Crippen LogP contribution is -2.14. The number of nitrogens with one attached hydrogen (secondary N) is 1. The maximum absolute atomic E-state index is 12.3. The summed E-state index contributed by atoms with van der Waals surface area (Å²) in [6, 6.07) is 12.5. The number of halogens is 3. The number of allylic oxidation sites excluding steroid dienone is 1. The summed E-state index contributed by atoms with van der Waals surface area (Å²) in [4.78, 5) is 12.3. The van der Waals surface area contributed by atoms with E-state index < -0.39 is 0 Å². The largest absolute Gasteiger partial charge is 0.325 e. The number of aromatic nitrogens is 3. The van der Waals surface area contributed by atoms with E-state index in [1.165, 1.54) is 11.8 Å². The van der Waals surface area contributed by atoms with Crippen LogP contribution in [-0.4, -0.2) is 26.4 Å². The third-order valence-electron chi connectivity index (χ3n) is 3.92. The fourth-order valence-electron chi connectivity index (χ4n) is 2.55. The summed E-state index contributed by atoms with van der Waals surface area (Å²) < 4.78 is 1.94. The standard InChI is InChI=1S/C20H17Cl3N4OS/c1-2-9-27-18(10-13-3-5-14(21)6-4-13)25-26-20(27)29-12-19(28)24-15-7-8-16(22)17(23)11-15/h2-8,11H,1,9-10,12H2,(H,24,28). The van der Waals surface area contributed by atoms with Crippen molar-refractivity contribution in [3.63, 3.8) is 0 Å². The maximum Gasteiger partial charge on any atom is 0.234 e. The van der Waals surface area contributed by atoms with Crippen molar-refractivity contribution in [2.75, 3.05) is 11.1 Å². The second kappa shape index (κ2) is 10.2. The number of hydrogen-bond donors (Lipinski definition) is 1. The van der Waals surface area contributed by atoms with E-state index in [-0.39, 0.29) is 11.7 Å². The van der Waals surface area contributed by atoms with Gasteiger partial charge in [-0.1, -0.05) is 64.8 Å². The molecule has 29 heavy (non-hydrogen) atoms. The number of nitrogens with zero attached hydrogens (tertiary/aromatic N) is 3. The molecule has 0 saturated carbocycles. The molecule has 1 amide bonds. The van der Waals surface area contributed by atoms with Crippen LogP contribution < -0.4 is 5.32 Å². The summed E-state index contributed by atoms with van der Waals surface area (Å²) in [6.45, 7) is 4.35. The average Bonchev–Trinajstić information content (AvgIpc) is 3.07. The smallest absolute Gasteiger partial charge is 0.234 e. The highest BCUT2D eigenvalue weighted by molar-refractivity contribution is 7.99. The quantitative estimate of drug-likeness (QED) is 0.339. The van der Waals surface area contributed by atoms with Gasteiger partial charge in [-0.25, -0.2) is 0 Å². The van der Waals surface area contributed by atoms with Gasteiger partial charge in [0, 0.05) is 23.7 Å². The van der Waals surface area contributed by atoms with Crippen LogP contribution in [0.25, 0.3) is 0 Å². The first-order valence-corrected chi connectivity index (χ1v) is 10.7. The Balaban J connectivity index is 1.66. The minimum Gasteiger partial charge on any atom is -0.325 e. The van der Waals surface area contributed by atoms with Crippen LogP contribution in [0.15, 0.2) is 60.3 Å². The molecule has 0 aliphatic rings. The molecule has 0 aliphatic carbocycles. The van der Waals surface area contributed by atoms with Crippen molar-refractivity contribution in [3.8, 4) is 0 Å². The number of rotatable bonds is 8. The zero-order chi connectivity index (χ0) is 20.8. The number of anilines is 1. The van der Waals surface area contributed by atoms with Crippen molar-refractivity contribution in [3.05, 3.63) is 81.6 Å². The first-order chi connectivity index (χ1) is 14.0. The molecule has 3 aromatic rings. The van der Waals surface area contributed by atoms with Crippen LogP contribution in [0.5, 0.6) is 0 Å². The molecule has 2 aromatic carbocycles. The van der Waals surface area contributed by atoms with Gasteiger partial charge in [-0.05, 0) is 35.9 Å². The number of thioether (sulfide) groups is 1. The van der Waals surface area contributed by atoms with Crippen LogP contribution in [0.2, 0.25) is 15.1 Å². The second-order valence-corrected chi connectivity index (χ2v) is 8.26. The highest BCUT2D eigenvalue weighted by atomic mass is 35.5. The third-order valence-corrected chi connectivity index (χ3v) is 5.87. The molecule has 1 aromatic heterocycles. The van der Waals surface area contributed by atoms with Gasteiger partial charge in [0.05, 0.1) is 15.8 Å². The van der Waals surface area contributed by atoms with E-state index in [1.807, 2.05) is 28.8 Å². The van der Waals surface area contributed by atoms with Crippen LogP contribution in [0, 0.1) is 0 Å². The Bertz CT molecular complexity index is 1020. The predicted molar refractivity (Wildman–Crippen MR) is 120 cm³/mol. The molecule has 3 rings (SSSR count). The summed E-state index contributed by atoms with van der Waals surface area (Å²) in [7, 11) is 0. The minimum absolute atomic E-state index is 0.177. The van der Waals surface area contributed by atoms with Crippen molar-refractivity contribution in [1.29, 1.82) is 0 Å². The molecule has 1 heterocycles. The van der Waals surface area contributed by atoms with E-state index in [1.54, 1.807) is 24.3 Å². The molecule has 0 aliphatic heterocycles. The summed E-state index contributed by atoms with van der Waals surface area (Å²) in [5, 5.41) is 13.5. The molecule has 0 spiro atoms. The molecule has 0 saturated heterocycles. The number of benzene rings is 2. The number of hydrogen-bond acceptors (Lipinski definition) is 4. The van der Waals surface area contributed by atoms with Crippen LogP contribution >= 0.6 is 46.6 Å². The lowest BCUT2D eigenvalue weighted by molar-refractivity contribution is -0.113. The molecule has 150 valence electrons. The van der Waals surface area contributed by atoms with Gasteiger partial charge in [0.2, 0.25) is 5.91 Å². The minimum atomic E-state index is -0.180. The Kier molecular flexibility index (Phi) is 7.61. The van der Waals surface area contributed by atoms with Gasteiger partial charge < -0.3 is 9.88 Å². The van der Waals surface area contributed by atoms with Crippen molar-refractivity contribution >= 4 is 58.2 Å². The van der Waals surface area contributed by atoms with Gasteiger partial charge in [-0.15, -0.1) is 16.8 Å². The second-order valence-electron chi connectivity index (χ2n) is 6.07. The summed E-state index contributed by atoms with van der Waals surface area (Å²) in [5.41, 5.74) is 1.65. The van der Waals surface area contributed by atoms with Crippen molar-refractivity contribution in [1.82, 2.24) is 14.8 Å². The predicted octanol–water partition coefficient (Wildman–Crippen LogP) is 5.75. The highest BCUT2D eigenvalue weighted by Crippen LogP contribution is 2.25. The molecule has 0 fully saturated rings. The van der Waals surface area contributed by atoms with Crippen molar-refractivity contribution < 1.29 is 4.79 Å². The SMILES string of the molecule is C=CCn1c(Cc2ccc(Cl)cc2)nnc1SCC(=O)Nc1ccc(Cl)c(Cl)c1. The summed E-state index contributed by atoms with van der Waals surface area (Å²) >= 11 is 19.1. The molecule has 0 unspecified atom stereocenters. The van der Waals surface area contributed by atoms with E-state index >= 15 is 0 Å². The van der Waals surface area contributed by atoms with Gasteiger partial charge >= 0.3 is 0 Å². The first kappa shape index (κ1) is 21.7. The van der Waals surface area contributed by atoms with E-state index in [0.29, 0.717) is 38.9 Å². The van der Waals surface area contributed by atoms with Gasteiger partial charge in [0.1, 0.15) is 5.82 Å². The molecule has 9 heteroatoms. The summed E-state index contributed by atoms with van der Waals surface area (Å²) in [6.07, 6.45) is 2.38. The van der Waals surface area contributed by atoms with E-state index in [2.05, 4.69) is 22.1 Å². The van der Waals surface area contributed by atoms with E-state index in [4.69, 9.17) is 34.8 Å². The first-order valence-electron chi connectivity index (χ1n) is 8.61. The van der Waals surface area contributed by atoms with Gasteiger partial charge in [-0.3, -0.25) is 4.79 Å². The number of amides is 1. The monoisotopic (exact) mass is 466 g/mol. The molecular weight excluding hydrogens is 451 g/mol. The van der Waals surface area contributed by atoms with E-state index in [9.17, 15) is 4.79 Å². The Morgan fingerprint density at radius 2 is 1.86 bits per heavy atom. The van der Waals surface area contributed by atoms with Crippen LogP contribution in [0.1, 0.15) is 11.4 Å². The number of carbonyl (C=O) groups is 1. The molecule has 5 nitrogen and oxygen atoms in total. The fraction of sp³-hybridized carbons (Fsp3) is 0.150. The Morgan fingerprint density at radius 1 is 1.10 bits per heavy atom. The van der Waals surface area contributed by atoms with Gasteiger partial charge in [-0.2, -0.15) is 0 Å². The van der Waals surface area contributed by atoms with Crippen LogP contribution in [0.4, 0.5) is 5.69 Å². The Labute approximate surface area is 188 Å². The van der Waals surface area contributed by atoms with Gasteiger partial charge in [0.15, 0.2) is 5.16 Å². The Hall–Kier alpha value is -1.99. The lowest BCUT2D eigenvalue weighted by Gasteiger charge is -2.09. The molecule has 0 atom stereocenters. The molecule has 0 bridgehead atoms. The van der Waals surface area contributed by atoms with Crippen molar-refractivity contribution in [2.45, 2.75) is 18.1 Å². The van der Waals surface area contributed by atoms with Crippen molar-refractivity contribution in [2.24, 2.45) is 0 Å². The highest BCUT2D eigenvalue weighted by Gasteiger charge is 2.14. The average molecular weight is 468 g/mol. The van der Waals surface area contributed by atoms with Gasteiger partial charge in [0.25, 0.3) is 0 Å². The molecular formula is C20H17Cl3N4OS. The topological polar surface area (TPSA) is 59.8 Å². The normalized spacial score (nSPS) is 10.7. The van der Waals surface area contributed by atoms with Crippen LogP contribution in [0.3, 0.4) is 0 Å². The summed E-state index contributed by atoms with van der Waals surface area (Å²) in [5.74, 6) is 0.789. The lowest BCUT2D eigenvalue weighted by atomic mass is 10.1.